The first-order valence-electron chi connectivity index (χ1n) is 14.2. The number of para-hydroxylation sites is 1. The number of ether oxygens (including phenoxy) is 1. The summed E-state index contributed by atoms with van der Waals surface area (Å²) in [6.07, 6.45) is 3.09. The summed E-state index contributed by atoms with van der Waals surface area (Å²) in [5, 5.41) is 9.35. The molecule has 0 radical (unpaired) electrons. The van der Waals surface area contributed by atoms with Crippen LogP contribution in [-0.2, 0) is 27.2 Å². The van der Waals surface area contributed by atoms with Crippen molar-refractivity contribution >= 4 is 17.7 Å². The van der Waals surface area contributed by atoms with E-state index < -0.39 is 18.1 Å². The Morgan fingerprint density at radius 2 is 1.69 bits per heavy atom. The van der Waals surface area contributed by atoms with Gasteiger partial charge in [-0.1, -0.05) is 75.7 Å². The summed E-state index contributed by atoms with van der Waals surface area (Å²) in [7, 11) is 1.67. The predicted molar refractivity (Wildman–Crippen MR) is 153 cm³/mol. The molecule has 0 aromatic heterocycles. The summed E-state index contributed by atoms with van der Waals surface area (Å²) in [6, 6.07) is 15.6. The number of hydrogen-bond acceptors (Lipinski definition) is 5. The monoisotopic (exact) mass is 536 g/mol. The number of aryl methyl sites for hydroxylation is 1. The minimum Gasteiger partial charge on any atom is -0.492 e. The van der Waals surface area contributed by atoms with E-state index in [2.05, 4.69) is 22.9 Å². The first-order chi connectivity index (χ1) is 18.8. The maximum absolute atomic E-state index is 13.7. The quantitative estimate of drug-likeness (QED) is 0.546. The number of rotatable bonds is 5. The standard InChI is InChI=1S/C31H44N4O4/c1-5-22(3)28-31(38)35(4)26(6-2)30(37)34-25(21-23-13-8-7-9-14-23)29(36)33-18-12-16-24-15-10-11-17-27(24)39-20-19-32-28/h7-11,13-15,17,22,25-26,28,32H,5-6,12,16,18-21H2,1-4H3,(H,33,36)(H,34,37)/t22?,25-,26?,28-/m1/s1. The summed E-state index contributed by atoms with van der Waals surface area (Å²) in [5.74, 6) is 0.175. The van der Waals surface area contributed by atoms with Gasteiger partial charge in [0.15, 0.2) is 0 Å². The van der Waals surface area contributed by atoms with Gasteiger partial charge in [-0.2, -0.15) is 0 Å². The van der Waals surface area contributed by atoms with Gasteiger partial charge in [0, 0.05) is 26.6 Å². The molecule has 3 amide bonds. The van der Waals surface area contributed by atoms with Crippen molar-refractivity contribution in [2.24, 2.45) is 5.92 Å². The molecule has 2 aromatic carbocycles. The van der Waals surface area contributed by atoms with Gasteiger partial charge in [0.05, 0.1) is 6.04 Å². The molecule has 1 aliphatic heterocycles. The number of nitrogens with one attached hydrogen (secondary N) is 3. The lowest BCUT2D eigenvalue weighted by atomic mass is 9.97. The van der Waals surface area contributed by atoms with Crippen LogP contribution in [0.4, 0.5) is 0 Å². The van der Waals surface area contributed by atoms with E-state index in [0.717, 1.165) is 36.1 Å². The van der Waals surface area contributed by atoms with Gasteiger partial charge >= 0.3 is 0 Å². The second-order valence-corrected chi connectivity index (χ2v) is 10.3. The van der Waals surface area contributed by atoms with Crippen molar-refractivity contribution in [1.82, 2.24) is 20.9 Å². The van der Waals surface area contributed by atoms with Crippen molar-refractivity contribution in [2.45, 2.75) is 71.0 Å². The van der Waals surface area contributed by atoms with Crippen molar-refractivity contribution in [1.29, 1.82) is 0 Å². The highest BCUT2D eigenvalue weighted by Crippen LogP contribution is 2.20. The van der Waals surface area contributed by atoms with Gasteiger partial charge in [0.25, 0.3) is 0 Å². The minimum atomic E-state index is -0.754. The fourth-order valence-corrected chi connectivity index (χ4v) is 4.94. The van der Waals surface area contributed by atoms with Gasteiger partial charge < -0.3 is 25.6 Å². The van der Waals surface area contributed by atoms with E-state index in [1.54, 1.807) is 7.05 Å². The van der Waals surface area contributed by atoms with Crippen LogP contribution in [0.25, 0.3) is 0 Å². The van der Waals surface area contributed by atoms with Crippen LogP contribution in [0.1, 0.15) is 51.2 Å². The second kappa shape index (κ2) is 15.3. The average molecular weight is 537 g/mol. The fraction of sp³-hybridized carbons (Fsp3) is 0.516. The normalized spacial score (nSPS) is 22.9. The molecule has 3 N–H and O–H groups in total. The van der Waals surface area contributed by atoms with Gasteiger partial charge in [-0.15, -0.1) is 0 Å². The summed E-state index contributed by atoms with van der Waals surface area (Å²) >= 11 is 0. The lowest BCUT2D eigenvalue weighted by Gasteiger charge is -2.33. The zero-order valence-electron chi connectivity index (χ0n) is 23.7. The third kappa shape index (κ3) is 8.55. The van der Waals surface area contributed by atoms with Crippen LogP contribution in [0.3, 0.4) is 0 Å². The van der Waals surface area contributed by atoms with Gasteiger partial charge in [0.2, 0.25) is 17.7 Å². The summed E-state index contributed by atoms with van der Waals surface area (Å²) < 4.78 is 6.08. The highest BCUT2D eigenvalue weighted by atomic mass is 16.5. The topological polar surface area (TPSA) is 99.8 Å². The lowest BCUT2D eigenvalue weighted by molar-refractivity contribution is -0.142. The van der Waals surface area contributed by atoms with Crippen LogP contribution in [0.15, 0.2) is 54.6 Å². The minimum absolute atomic E-state index is 0.0648. The van der Waals surface area contributed by atoms with Crippen molar-refractivity contribution in [3.63, 3.8) is 0 Å². The molecule has 8 heteroatoms. The Labute approximate surface area is 232 Å². The molecule has 0 fully saturated rings. The number of benzene rings is 2. The fourth-order valence-electron chi connectivity index (χ4n) is 4.94. The van der Waals surface area contributed by atoms with Crippen LogP contribution in [-0.4, -0.2) is 67.5 Å². The molecule has 1 heterocycles. The molecule has 0 spiro atoms. The molecule has 2 unspecified atom stereocenters. The number of nitrogens with zero attached hydrogens (tertiary/aromatic N) is 1. The number of carbonyl (C=O) groups excluding carboxylic acids is 3. The Bertz CT molecular complexity index is 1080. The number of fused-ring (bicyclic) bond motifs is 1. The molecule has 0 bridgehead atoms. The van der Waals surface area contributed by atoms with Crippen LogP contribution in [0.5, 0.6) is 5.75 Å². The third-order valence-electron chi connectivity index (χ3n) is 7.52. The first kappa shape index (κ1) is 30.2. The van der Waals surface area contributed by atoms with Crippen molar-refractivity contribution in [3.8, 4) is 5.75 Å². The largest absolute Gasteiger partial charge is 0.492 e. The summed E-state index contributed by atoms with van der Waals surface area (Å²) in [6.45, 7) is 7.35. The van der Waals surface area contributed by atoms with Crippen LogP contribution >= 0.6 is 0 Å². The highest BCUT2D eigenvalue weighted by molar-refractivity contribution is 5.93. The first-order valence-corrected chi connectivity index (χ1v) is 14.2. The number of hydrogen-bond donors (Lipinski definition) is 3. The maximum atomic E-state index is 13.7. The van der Waals surface area contributed by atoms with E-state index in [1.807, 2.05) is 68.4 Å². The predicted octanol–water partition coefficient (Wildman–Crippen LogP) is 3.10. The van der Waals surface area contributed by atoms with E-state index in [-0.39, 0.29) is 23.6 Å². The summed E-state index contributed by atoms with van der Waals surface area (Å²) in [5.41, 5.74) is 2.02. The maximum Gasteiger partial charge on any atom is 0.243 e. The second-order valence-electron chi connectivity index (χ2n) is 10.3. The molecule has 8 nitrogen and oxygen atoms in total. The Morgan fingerprint density at radius 3 is 2.41 bits per heavy atom. The van der Waals surface area contributed by atoms with Gasteiger partial charge in [-0.05, 0) is 42.4 Å². The van der Waals surface area contributed by atoms with Crippen LogP contribution < -0.4 is 20.7 Å². The molecule has 39 heavy (non-hydrogen) atoms. The van der Waals surface area contributed by atoms with E-state index in [9.17, 15) is 14.4 Å². The van der Waals surface area contributed by atoms with Crippen LogP contribution in [0.2, 0.25) is 0 Å². The molecule has 0 saturated carbocycles. The molecule has 0 aliphatic carbocycles. The van der Waals surface area contributed by atoms with Gasteiger partial charge in [0.1, 0.15) is 24.4 Å². The van der Waals surface area contributed by atoms with Crippen molar-refractivity contribution < 1.29 is 19.1 Å². The summed E-state index contributed by atoms with van der Waals surface area (Å²) in [4.78, 5) is 42.0. The van der Waals surface area contributed by atoms with Crippen molar-refractivity contribution in [2.75, 3.05) is 26.7 Å². The molecular formula is C31H44N4O4. The van der Waals surface area contributed by atoms with Crippen LogP contribution in [0, 0.1) is 5.92 Å². The van der Waals surface area contributed by atoms with E-state index in [1.165, 1.54) is 4.90 Å². The molecular weight excluding hydrogens is 492 g/mol. The smallest absolute Gasteiger partial charge is 0.243 e. The van der Waals surface area contributed by atoms with E-state index in [4.69, 9.17) is 4.74 Å². The van der Waals surface area contributed by atoms with E-state index >= 15 is 0 Å². The SMILES string of the molecule is CCC(C)[C@H]1NCCOc2ccccc2CCCNC(=O)[C@@H](Cc2ccccc2)NC(=O)C(CC)N(C)C1=O. The Kier molecular flexibility index (Phi) is 11.8. The molecule has 3 rings (SSSR count). The zero-order chi connectivity index (χ0) is 28.2. The Balaban J connectivity index is 1.88. The van der Waals surface area contributed by atoms with E-state index in [0.29, 0.717) is 32.5 Å². The molecule has 0 saturated heterocycles. The zero-order valence-corrected chi connectivity index (χ0v) is 23.7. The molecule has 212 valence electrons. The lowest BCUT2D eigenvalue weighted by Crippen LogP contribution is -2.58. The highest BCUT2D eigenvalue weighted by Gasteiger charge is 2.34. The average Bonchev–Trinajstić information content (AvgIpc) is 2.95. The number of likely N-dealkylation sites (N-methyl/N-ethyl adjacent to an activating group) is 1. The Hall–Kier alpha value is -3.39. The van der Waals surface area contributed by atoms with Gasteiger partial charge in [-0.3, -0.25) is 14.4 Å². The number of carbonyl (C=O) groups is 3. The molecule has 1 aliphatic rings. The van der Waals surface area contributed by atoms with Gasteiger partial charge in [-0.25, -0.2) is 0 Å². The Morgan fingerprint density at radius 1 is 0.974 bits per heavy atom. The number of amides is 3. The molecule has 4 atom stereocenters. The molecule has 2 aromatic rings. The van der Waals surface area contributed by atoms with Crippen molar-refractivity contribution in [3.05, 3.63) is 65.7 Å². The third-order valence-corrected chi connectivity index (χ3v) is 7.52.